The SMILES string of the molecule is O=Cc1ccc(S(=O)(=O)c2ccc(Oc3ccccc3)cc2)o1. The summed E-state index contributed by atoms with van der Waals surface area (Å²) in [6.07, 6.45) is 0.454. The van der Waals surface area contributed by atoms with E-state index in [4.69, 9.17) is 9.15 Å². The summed E-state index contributed by atoms with van der Waals surface area (Å²) in [5, 5.41) is -0.267. The van der Waals surface area contributed by atoms with E-state index in [-0.39, 0.29) is 15.7 Å². The van der Waals surface area contributed by atoms with Crippen LogP contribution in [0.2, 0.25) is 0 Å². The molecule has 1 aromatic heterocycles. The highest BCUT2D eigenvalue weighted by Crippen LogP contribution is 2.26. The standard InChI is InChI=1S/C17H12O5S/c18-12-15-8-11-17(22-15)23(19,20)16-9-6-14(7-10-16)21-13-4-2-1-3-5-13/h1-12H. The van der Waals surface area contributed by atoms with E-state index >= 15 is 0 Å². The van der Waals surface area contributed by atoms with Gasteiger partial charge in [-0.05, 0) is 48.5 Å². The van der Waals surface area contributed by atoms with E-state index in [0.29, 0.717) is 17.8 Å². The summed E-state index contributed by atoms with van der Waals surface area (Å²) in [7, 11) is -3.80. The van der Waals surface area contributed by atoms with E-state index in [0.717, 1.165) is 0 Å². The van der Waals surface area contributed by atoms with Crippen molar-refractivity contribution in [2.75, 3.05) is 0 Å². The van der Waals surface area contributed by atoms with Crippen molar-refractivity contribution in [3.05, 3.63) is 72.5 Å². The van der Waals surface area contributed by atoms with Crippen molar-refractivity contribution < 1.29 is 22.4 Å². The normalized spacial score (nSPS) is 11.1. The second-order valence-corrected chi connectivity index (χ2v) is 6.55. The maximum absolute atomic E-state index is 12.4. The molecule has 0 saturated carbocycles. The smallest absolute Gasteiger partial charge is 0.239 e. The van der Waals surface area contributed by atoms with Crippen molar-refractivity contribution in [3.8, 4) is 11.5 Å². The van der Waals surface area contributed by atoms with Crippen LogP contribution < -0.4 is 4.74 Å². The summed E-state index contributed by atoms with van der Waals surface area (Å²) in [5.74, 6) is 1.14. The van der Waals surface area contributed by atoms with Gasteiger partial charge in [0.15, 0.2) is 12.0 Å². The Bertz CT molecular complexity index is 909. The zero-order chi connectivity index (χ0) is 16.3. The Morgan fingerprint density at radius 3 is 2.09 bits per heavy atom. The van der Waals surface area contributed by atoms with Crippen LogP contribution in [0.1, 0.15) is 10.6 Å². The molecule has 0 bridgehead atoms. The van der Waals surface area contributed by atoms with Crippen LogP contribution in [0.5, 0.6) is 11.5 Å². The minimum atomic E-state index is -3.80. The predicted molar refractivity (Wildman–Crippen MR) is 82.5 cm³/mol. The van der Waals surface area contributed by atoms with E-state index in [9.17, 15) is 13.2 Å². The Balaban J connectivity index is 1.85. The average Bonchev–Trinajstić information content (AvgIpc) is 3.06. The van der Waals surface area contributed by atoms with Crippen molar-refractivity contribution in [2.45, 2.75) is 9.99 Å². The van der Waals surface area contributed by atoms with Crippen molar-refractivity contribution in [3.63, 3.8) is 0 Å². The number of hydrogen-bond donors (Lipinski definition) is 0. The first-order chi connectivity index (χ1) is 11.1. The molecule has 0 spiro atoms. The average molecular weight is 328 g/mol. The molecule has 0 amide bonds. The molecule has 3 aromatic rings. The highest BCUT2D eigenvalue weighted by atomic mass is 32.2. The third kappa shape index (κ3) is 3.17. The molecule has 0 aliphatic carbocycles. The van der Waals surface area contributed by atoms with Crippen LogP contribution in [-0.4, -0.2) is 14.7 Å². The topological polar surface area (TPSA) is 73.6 Å². The number of furan rings is 1. The number of sulfone groups is 1. The van der Waals surface area contributed by atoms with Crippen LogP contribution in [0, 0.1) is 0 Å². The maximum atomic E-state index is 12.4. The summed E-state index contributed by atoms with van der Waals surface area (Å²) >= 11 is 0. The molecule has 0 atom stereocenters. The summed E-state index contributed by atoms with van der Waals surface area (Å²) in [6, 6.07) is 17.7. The van der Waals surface area contributed by atoms with Crippen LogP contribution in [0.25, 0.3) is 0 Å². The Hall–Kier alpha value is -2.86. The van der Waals surface area contributed by atoms with Crippen molar-refractivity contribution in [1.82, 2.24) is 0 Å². The number of aldehydes is 1. The first kappa shape index (κ1) is 15.1. The van der Waals surface area contributed by atoms with Gasteiger partial charge in [-0.1, -0.05) is 18.2 Å². The molecule has 0 saturated heterocycles. The van der Waals surface area contributed by atoms with E-state index < -0.39 is 9.84 Å². The van der Waals surface area contributed by atoms with Gasteiger partial charge < -0.3 is 9.15 Å². The summed E-state index contributed by atoms with van der Waals surface area (Å²) in [4.78, 5) is 10.7. The van der Waals surface area contributed by atoms with Crippen molar-refractivity contribution >= 4 is 16.1 Å². The third-order valence-corrected chi connectivity index (χ3v) is 4.74. The zero-order valence-corrected chi connectivity index (χ0v) is 12.7. The maximum Gasteiger partial charge on any atom is 0.239 e. The summed E-state index contributed by atoms with van der Waals surface area (Å²) in [6.45, 7) is 0. The minimum Gasteiger partial charge on any atom is -0.457 e. The van der Waals surface area contributed by atoms with Crippen molar-refractivity contribution in [2.24, 2.45) is 0 Å². The van der Waals surface area contributed by atoms with Crippen LogP contribution in [0.15, 0.2) is 81.1 Å². The van der Waals surface area contributed by atoms with E-state index in [1.807, 2.05) is 18.2 Å². The Kier molecular flexibility index (Phi) is 3.99. The monoisotopic (exact) mass is 328 g/mol. The van der Waals surface area contributed by atoms with E-state index in [1.165, 1.54) is 24.3 Å². The molecule has 2 aromatic carbocycles. The largest absolute Gasteiger partial charge is 0.457 e. The molecule has 116 valence electrons. The third-order valence-electron chi connectivity index (χ3n) is 3.10. The molecule has 3 rings (SSSR count). The highest BCUT2D eigenvalue weighted by molar-refractivity contribution is 7.91. The minimum absolute atomic E-state index is 0.0346. The van der Waals surface area contributed by atoms with Crippen LogP contribution in [0.3, 0.4) is 0 Å². The number of carbonyl (C=O) groups is 1. The predicted octanol–water partition coefficient (Wildman–Crippen LogP) is 3.72. The quantitative estimate of drug-likeness (QED) is 0.667. The molecule has 5 nitrogen and oxygen atoms in total. The molecular formula is C17H12O5S. The molecule has 0 aliphatic rings. The van der Waals surface area contributed by atoms with Gasteiger partial charge in [-0.2, -0.15) is 0 Å². The van der Waals surface area contributed by atoms with Crippen LogP contribution in [0.4, 0.5) is 0 Å². The molecule has 0 fully saturated rings. The number of para-hydroxylation sites is 1. The molecule has 0 aliphatic heterocycles. The van der Waals surface area contributed by atoms with Gasteiger partial charge in [0.1, 0.15) is 11.5 Å². The highest BCUT2D eigenvalue weighted by Gasteiger charge is 2.21. The number of rotatable bonds is 5. The lowest BCUT2D eigenvalue weighted by molar-refractivity contribution is 0.109. The first-order valence-electron chi connectivity index (χ1n) is 6.73. The zero-order valence-electron chi connectivity index (χ0n) is 11.9. The second kappa shape index (κ2) is 6.10. The second-order valence-electron chi connectivity index (χ2n) is 4.66. The van der Waals surface area contributed by atoms with Gasteiger partial charge in [0.05, 0.1) is 4.90 Å². The van der Waals surface area contributed by atoms with Gasteiger partial charge in [0, 0.05) is 0 Å². The number of benzene rings is 2. The van der Waals surface area contributed by atoms with Gasteiger partial charge in [-0.3, -0.25) is 4.79 Å². The van der Waals surface area contributed by atoms with Crippen LogP contribution in [-0.2, 0) is 9.84 Å². The fraction of sp³-hybridized carbons (Fsp3) is 0. The van der Waals surface area contributed by atoms with Gasteiger partial charge in [0.25, 0.3) is 0 Å². The Morgan fingerprint density at radius 2 is 1.48 bits per heavy atom. The number of carbonyl (C=O) groups excluding carboxylic acids is 1. The van der Waals surface area contributed by atoms with Crippen molar-refractivity contribution in [1.29, 1.82) is 0 Å². The van der Waals surface area contributed by atoms with Gasteiger partial charge in [0.2, 0.25) is 14.9 Å². The molecule has 0 unspecified atom stereocenters. The van der Waals surface area contributed by atoms with E-state index in [2.05, 4.69) is 0 Å². The first-order valence-corrected chi connectivity index (χ1v) is 8.21. The lowest BCUT2D eigenvalue weighted by Crippen LogP contribution is -2.00. The van der Waals surface area contributed by atoms with Gasteiger partial charge in [-0.15, -0.1) is 0 Å². The summed E-state index contributed by atoms with van der Waals surface area (Å²) in [5.41, 5.74) is 0. The van der Waals surface area contributed by atoms with Crippen LogP contribution >= 0.6 is 0 Å². The molecule has 1 heterocycles. The number of ether oxygens (including phenoxy) is 1. The fourth-order valence-corrected chi connectivity index (χ4v) is 3.15. The lowest BCUT2D eigenvalue weighted by atomic mass is 10.3. The number of hydrogen-bond acceptors (Lipinski definition) is 5. The molecule has 0 N–H and O–H groups in total. The lowest BCUT2D eigenvalue weighted by Gasteiger charge is -2.06. The van der Waals surface area contributed by atoms with E-state index in [1.54, 1.807) is 24.3 Å². The van der Waals surface area contributed by atoms with Gasteiger partial charge in [-0.25, -0.2) is 8.42 Å². The molecule has 23 heavy (non-hydrogen) atoms. The Labute approximate surface area is 133 Å². The Morgan fingerprint density at radius 1 is 0.826 bits per heavy atom. The molecule has 6 heteroatoms. The molecular weight excluding hydrogens is 316 g/mol. The molecule has 0 radical (unpaired) electrons. The summed E-state index contributed by atoms with van der Waals surface area (Å²) < 4.78 is 35.4. The fourth-order valence-electron chi connectivity index (χ4n) is 1.97. The van der Waals surface area contributed by atoms with Gasteiger partial charge >= 0.3 is 0 Å².